The van der Waals surface area contributed by atoms with Crippen molar-refractivity contribution in [1.82, 2.24) is 0 Å². The first-order valence-electron chi connectivity index (χ1n) is 8.09. The Hall–Kier alpha value is -0.383. The van der Waals surface area contributed by atoms with E-state index in [0.717, 1.165) is 6.04 Å². The van der Waals surface area contributed by atoms with Crippen molar-refractivity contribution in [2.75, 3.05) is 14.2 Å². The molecule has 0 bridgehead atoms. The van der Waals surface area contributed by atoms with Crippen LogP contribution in [0, 0.1) is 5.92 Å². The predicted molar refractivity (Wildman–Crippen MR) is 89.1 cm³/mol. The van der Waals surface area contributed by atoms with Crippen LogP contribution in [0.15, 0.2) is 23.8 Å². The average Bonchev–Trinajstić information content (AvgIpc) is 2.87. The number of rotatable bonds is 11. The van der Waals surface area contributed by atoms with E-state index >= 15 is 0 Å². The van der Waals surface area contributed by atoms with Gasteiger partial charge in [0.15, 0.2) is 0 Å². The first-order valence-corrected chi connectivity index (χ1v) is 10.6. The summed E-state index contributed by atoms with van der Waals surface area (Å²) in [6.07, 6.45) is 16.1. The summed E-state index contributed by atoms with van der Waals surface area (Å²) in [5, 5.41) is 0. The number of allylic oxidation sites excluding steroid dienone is 4. The lowest BCUT2D eigenvalue weighted by Gasteiger charge is -2.22. The Morgan fingerprint density at radius 3 is 2.15 bits per heavy atom. The van der Waals surface area contributed by atoms with Gasteiger partial charge in [-0.05, 0) is 31.4 Å². The van der Waals surface area contributed by atoms with Gasteiger partial charge in [0.05, 0.1) is 0 Å². The van der Waals surface area contributed by atoms with E-state index in [-0.39, 0.29) is 0 Å². The van der Waals surface area contributed by atoms with Gasteiger partial charge < -0.3 is 8.85 Å². The minimum absolute atomic E-state index is 0.681. The molecule has 1 atom stereocenters. The minimum atomic E-state index is -1.81. The van der Waals surface area contributed by atoms with Crippen LogP contribution in [0.3, 0.4) is 0 Å². The highest BCUT2D eigenvalue weighted by Crippen LogP contribution is 2.24. The summed E-state index contributed by atoms with van der Waals surface area (Å²) >= 11 is 0. The quantitative estimate of drug-likeness (QED) is 0.385. The second-order valence-corrected chi connectivity index (χ2v) is 9.66. The fourth-order valence-electron chi connectivity index (χ4n) is 2.70. The Balaban J connectivity index is 1.93. The SMILES string of the molecule is CO[Si](C)(CCCCCCCCC1=CC=CC1C)OC. The summed E-state index contributed by atoms with van der Waals surface area (Å²) in [7, 11) is 1.75. The summed E-state index contributed by atoms with van der Waals surface area (Å²) in [6.45, 7) is 4.44. The van der Waals surface area contributed by atoms with Crippen LogP contribution in [-0.4, -0.2) is 22.8 Å². The molecule has 1 aliphatic rings. The molecule has 0 saturated heterocycles. The van der Waals surface area contributed by atoms with Gasteiger partial charge >= 0.3 is 8.56 Å². The fourth-order valence-corrected chi connectivity index (χ4v) is 4.17. The lowest BCUT2D eigenvalue weighted by molar-refractivity contribution is 0.248. The zero-order valence-electron chi connectivity index (χ0n) is 13.8. The monoisotopic (exact) mass is 296 g/mol. The van der Waals surface area contributed by atoms with Crippen LogP contribution in [0.2, 0.25) is 12.6 Å². The maximum Gasteiger partial charge on any atom is 0.334 e. The molecule has 1 unspecified atom stereocenters. The van der Waals surface area contributed by atoms with Crippen molar-refractivity contribution in [3.63, 3.8) is 0 Å². The standard InChI is InChI=1S/C17H32O2Si/c1-16-12-11-14-17(16)13-9-7-5-6-8-10-15-20(4,18-2)19-3/h11-12,14,16H,5-10,13,15H2,1-4H3. The van der Waals surface area contributed by atoms with Gasteiger partial charge in [-0.3, -0.25) is 0 Å². The van der Waals surface area contributed by atoms with Crippen molar-refractivity contribution in [3.8, 4) is 0 Å². The van der Waals surface area contributed by atoms with Gasteiger partial charge in [0.2, 0.25) is 0 Å². The van der Waals surface area contributed by atoms with E-state index in [2.05, 4.69) is 31.7 Å². The highest BCUT2D eigenvalue weighted by Gasteiger charge is 2.27. The van der Waals surface area contributed by atoms with Gasteiger partial charge in [0.1, 0.15) is 0 Å². The van der Waals surface area contributed by atoms with E-state index in [9.17, 15) is 0 Å². The molecule has 2 nitrogen and oxygen atoms in total. The highest BCUT2D eigenvalue weighted by atomic mass is 28.4. The maximum atomic E-state index is 5.50. The van der Waals surface area contributed by atoms with Crippen molar-refractivity contribution in [1.29, 1.82) is 0 Å². The van der Waals surface area contributed by atoms with Crippen molar-refractivity contribution in [2.45, 2.75) is 64.5 Å². The third kappa shape index (κ3) is 6.38. The van der Waals surface area contributed by atoms with E-state index in [0.29, 0.717) is 5.92 Å². The molecule has 0 radical (unpaired) electrons. The Morgan fingerprint density at radius 2 is 1.60 bits per heavy atom. The Morgan fingerprint density at radius 1 is 1.00 bits per heavy atom. The minimum Gasteiger partial charge on any atom is -0.398 e. The molecule has 0 fully saturated rings. The zero-order chi connectivity index (χ0) is 14.8. The van der Waals surface area contributed by atoms with E-state index in [1.54, 1.807) is 19.8 Å². The fraction of sp³-hybridized carbons (Fsp3) is 0.765. The van der Waals surface area contributed by atoms with Gasteiger partial charge in [-0.2, -0.15) is 0 Å². The van der Waals surface area contributed by atoms with E-state index in [1.807, 2.05) is 0 Å². The molecule has 1 aliphatic carbocycles. The van der Waals surface area contributed by atoms with Crippen LogP contribution in [-0.2, 0) is 8.85 Å². The molecule has 0 aromatic heterocycles. The Kier molecular flexibility index (Phi) is 8.42. The smallest absolute Gasteiger partial charge is 0.334 e. The van der Waals surface area contributed by atoms with E-state index in [4.69, 9.17) is 8.85 Å². The second-order valence-electron chi connectivity index (χ2n) is 6.08. The summed E-state index contributed by atoms with van der Waals surface area (Å²) in [5.41, 5.74) is 1.62. The van der Waals surface area contributed by atoms with Crippen LogP contribution in [0.5, 0.6) is 0 Å². The molecular formula is C17H32O2Si. The molecule has 0 amide bonds. The van der Waals surface area contributed by atoms with E-state index in [1.165, 1.54) is 44.9 Å². The van der Waals surface area contributed by atoms with Crippen molar-refractivity contribution in [3.05, 3.63) is 23.8 Å². The Bertz CT molecular complexity index is 319. The molecule has 1 rings (SSSR count). The molecule has 0 saturated carbocycles. The summed E-state index contributed by atoms with van der Waals surface area (Å²) in [5.74, 6) is 0.681. The average molecular weight is 297 g/mol. The van der Waals surface area contributed by atoms with Crippen LogP contribution < -0.4 is 0 Å². The predicted octanol–water partition coefficient (Wildman–Crippen LogP) is 5.21. The summed E-state index contributed by atoms with van der Waals surface area (Å²) < 4.78 is 11.0. The summed E-state index contributed by atoms with van der Waals surface area (Å²) in [4.78, 5) is 0. The van der Waals surface area contributed by atoms with Gasteiger partial charge in [-0.15, -0.1) is 0 Å². The first kappa shape index (κ1) is 17.7. The van der Waals surface area contributed by atoms with Gasteiger partial charge in [0, 0.05) is 14.2 Å². The van der Waals surface area contributed by atoms with Gasteiger partial charge in [-0.25, -0.2) is 0 Å². The van der Waals surface area contributed by atoms with Crippen molar-refractivity contribution < 1.29 is 8.85 Å². The molecule has 0 spiro atoms. The molecule has 0 aliphatic heterocycles. The molecule has 0 aromatic rings. The molecule has 0 heterocycles. The van der Waals surface area contributed by atoms with Crippen molar-refractivity contribution >= 4 is 8.56 Å². The molecule has 20 heavy (non-hydrogen) atoms. The van der Waals surface area contributed by atoms with Gasteiger partial charge in [-0.1, -0.05) is 62.8 Å². The van der Waals surface area contributed by atoms with Gasteiger partial charge in [0.25, 0.3) is 0 Å². The lowest BCUT2D eigenvalue weighted by Crippen LogP contribution is -2.35. The lowest BCUT2D eigenvalue weighted by atomic mass is 9.98. The topological polar surface area (TPSA) is 18.5 Å². The normalized spacial score (nSPS) is 18.6. The maximum absolute atomic E-state index is 5.50. The highest BCUT2D eigenvalue weighted by molar-refractivity contribution is 6.65. The largest absolute Gasteiger partial charge is 0.398 e. The third-order valence-corrected chi connectivity index (χ3v) is 7.49. The number of hydrogen-bond donors (Lipinski definition) is 0. The number of unbranched alkanes of at least 4 members (excludes halogenated alkanes) is 5. The van der Waals surface area contributed by atoms with E-state index < -0.39 is 8.56 Å². The Labute approximate surface area is 126 Å². The molecule has 3 heteroatoms. The molecule has 0 aromatic carbocycles. The van der Waals surface area contributed by atoms with Crippen LogP contribution >= 0.6 is 0 Å². The third-order valence-electron chi connectivity index (χ3n) is 4.50. The first-order chi connectivity index (χ1) is 9.61. The van der Waals surface area contributed by atoms with Crippen LogP contribution in [0.25, 0.3) is 0 Å². The van der Waals surface area contributed by atoms with Crippen LogP contribution in [0.4, 0.5) is 0 Å². The zero-order valence-corrected chi connectivity index (χ0v) is 14.8. The molecule has 116 valence electrons. The van der Waals surface area contributed by atoms with Crippen molar-refractivity contribution in [2.24, 2.45) is 5.92 Å². The summed E-state index contributed by atoms with van der Waals surface area (Å²) in [6, 6.07) is 1.12. The van der Waals surface area contributed by atoms with Crippen LogP contribution in [0.1, 0.15) is 51.9 Å². The second kappa shape index (κ2) is 9.53. The number of hydrogen-bond acceptors (Lipinski definition) is 2. The molecular weight excluding hydrogens is 264 g/mol. The molecule has 0 N–H and O–H groups in total.